The Morgan fingerprint density at radius 3 is 2.35 bits per heavy atom. The van der Waals surface area contributed by atoms with Crippen LogP contribution in [0.3, 0.4) is 0 Å². The Kier molecular flexibility index (Phi) is 4.65. The van der Waals surface area contributed by atoms with Gasteiger partial charge in [-0.15, -0.1) is 0 Å². The molecule has 0 spiro atoms. The SMILES string of the molecule is CC(C)(C)[C@@H](NC(=O)Nc1cccc(F)c1F)C(=O)O. The van der Waals surface area contributed by atoms with Gasteiger partial charge in [-0.3, -0.25) is 0 Å². The highest BCUT2D eigenvalue weighted by atomic mass is 19.2. The number of amides is 2. The number of halogens is 2. The summed E-state index contributed by atoms with van der Waals surface area (Å²) < 4.78 is 26.3. The van der Waals surface area contributed by atoms with Crippen LogP contribution in [0.25, 0.3) is 0 Å². The molecule has 0 heterocycles. The van der Waals surface area contributed by atoms with Crippen LogP contribution in [0.5, 0.6) is 0 Å². The lowest BCUT2D eigenvalue weighted by Crippen LogP contribution is -2.50. The van der Waals surface area contributed by atoms with Gasteiger partial charge in [0.05, 0.1) is 5.69 Å². The van der Waals surface area contributed by atoms with Crippen molar-refractivity contribution in [1.29, 1.82) is 0 Å². The molecule has 20 heavy (non-hydrogen) atoms. The number of carboxylic acids is 1. The minimum absolute atomic E-state index is 0.361. The fourth-order valence-electron chi connectivity index (χ4n) is 1.54. The summed E-state index contributed by atoms with van der Waals surface area (Å²) in [6.45, 7) is 4.90. The lowest BCUT2D eigenvalue weighted by molar-refractivity contribution is -0.141. The number of aliphatic carboxylic acids is 1. The van der Waals surface area contributed by atoms with Crippen LogP contribution in [-0.2, 0) is 4.79 Å². The highest BCUT2D eigenvalue weighted by molar-refractivity contribution is 5.92. The Balaban J connectivity index is 2.82. The third-order valence-corrected chi connectivity index (χ3v) is 2.59. The molecule has 3 N–H and O–H groups in total. The van der Waals surface area contributed by atoms with E-state index in [0.29, 0.717) is 0 Å². The van der Waals surface area contributed by atoms with Crippen molar-refractivity contribution in [3.05, 3.63) is 29.8 Å². The average Bonchev–Trinajstić information content (AvgIpc) is 2.30. The summed E-state index contributed by atoms with van der Waals surface area (Å²) in [5, 5.41) is 13.3. The number of benzene rings is 1. The van der Waals surface area contributed by atoms with Gasteiger partial charge in [-0.05, 0) is 17.5 Å². The van der Waals surface area contributed by atoms with Gasteiger partial charge in [0.2, 0.25) is 0 Å². The fraction of sp³-hybridized carbons (Fsp3) is 0.385. The number of carbonyl (C=O) groups excluding carboxylic acids is 1. The minimum atomic E-state index is -1.22. The Morgan fingerprint density at radius 2 is 1.85 bits per heavy atom. The molecule has 0 aliphatic rings. The van der Waals surface area contributed by atoms with Crippen molar-refractivity contribution < 1.29 is 23.5 Å². The first-order valence-corrected chi connectivity index (χ1v) is 5.87. The predicted octanol–water partition coefficient (Wildman–Crippen LogP) is 2.59. The van der Waals surface area contributed by atoms with Gasteiger partial charge in [0, 0.05) is 0 Å². The molecule has 0 aliphatic heterocycles. The molecule has 110 valence electrons. The Labute approximate surface area is 115 Å². The van der Waals surface area contributed by atoms with Crippen LogP contribution >= 0.6 is 0 Å². The van der Waals surface area contributed by atoms with E-state index in [2.05, 4.69) is 10.6 Å². The maximum Gasteiger partial charge on any atom is 0.326 e. The molecular formula is C13H16F2N2O3. The number of carboxylic acid groups (broad SMARTS) is 1. The second kappa shape index (κ2) is 5.85. The zero-order chi connectivity index (χ0) is 15.5. The summed E-state index contributed by atoms with van der Waals surface area (Å²) >= 11 is 0. The predicted molar refractivity (Wildman–Crippen MR) is 69.4 cm³/mol. The molecule has 1 atom stereocenters. The number of carbonyl (C=O) groups is 2. The summed E-state index contributed by atoms with van der Waals surface area (Å²) in [6, 6.07) is 1.22. The number of hydrogen-bond donors (Lipinski definition) is 3. The van der Waals surface area contributed by atoms with Crippen LogP contribution in [0.2, 0.25) is 0 Å². The molecule has 1 rings (SSSR count). The molecule has 5 nitrogen and oxygen atoms in total. The molecule has 0 fully saturated rings. The minimum Gasteiger partial charge on any atom is -0.480 e. The van der Waals surface area contributed by atoms with E-state index in [4.69, 9.17) is 5.11 Å². The van der Waals surface area contributed by atoms with Gasteiger partial charge in [-0.25, -0.2) is 18.4 Å². The second-order valence-corrected chi connectivity index (χ2v) is 5.34. The molecule has 0 aliphatic carbocycles. The van der Waals surface area contributed by atoms with Gasteiger partial charge in [0.15, 0.2) is 11.6 Å². The van der Waals surface area contributed by atoms with Gasteiger partial charge in [0.1, 0.15) is 6.04 Å². The van der Waals surface area contributed by atoms with E-state index >= 15 is 0 Å². The van der Waals surface area contributed by atoms with Gasteiger partial charge in [0.25, 0.3) is 0 Å². The summed E-state index contributed by atoms with van der Waals surface area (Å²) in [7, 11) is 0. The largest absolute Gasteiger partial charge is 0.480 e. The molecule has 1 aromatic carbocycles. The number of urea groups is 1. The van der Waals surface area contributed by atoms with E-state index in [0.717, 1.165) is 6.07 Å². The molecular weight excluding hydrogens is 270 g/mol. The van der Waals surface area contributed by atoms with Gasteiger partial charge >= 0.3 is 12.0 Å². The average molecular weight is 286 g/mol. The Bertz CT molecular complexity index is 527. The van der Waals surface area contributed by atoms with E-state index in [-0.39, 0.29) is 5.69 Å². The molecule has 0 unspecified atom stereocenters. The summed E-state index contributed by atoms with van der Waals surface area (Å²) in [5.74, 6) is -3.52. The normalized spacial score (nSPS) is 12.7. The van der Waals surface area contributed by atoms with E-state index in [1.807, 2.05) is 0 Å². The summed E-state index contributed by atoms with van der Waals surface area (Å²) in [5.41, 5.74) is -1.09. The number of rotatable bonds is 3. The van der Waals surface area contributed by atoms with Crippen LogP contribution < -0.4 is 10.6 Å². The third kappa shape index (κ3) is 3.91. The lowest BCUT2D eigenvalue weighted by Gasteiger charge is -2.27. The van der Waals surface area contributed by atoms with Gasteiger partial charge < -0.3 is 15.7 Å². The fourth-order valence-corrected chi connectivity index (χ4v) is 1.54. The van der Waals surface area contributed by atoms with Crippen molar-refractivity contribution in [1.82, 2.24) is 5.32 Å². The summed E-state index contributed by atoms with van der Waals surface area (Å²) in [6.07, 6.45) is 0. The highest BCUT2D eigenvalue weighted by Gasteiger charge is 2.32. The maximum atomic E-state index is 13.4. The molecule has 7 heteroatoms. The van der Waals surface area contributed by atoms with Crippen molar-refractivity contribution >= 4 is 17.7 Å². The molecule has 2 amide bonds. The summed E-state index contributed by atoms with van der Waals surface area (Å²) in [4.78, 5) is 22.7. The molecule has 0 saturated heterocycles. The molecule has 0 bridgehead atoms. The molecule has 0 aromatic heterocycles. The number of anilines is 1. The van der Waals surface area contributed by atoms with Crippen molar-refractivity contribution in [2.45, 2.75) is 26.8 Å². The first kappa shape index (κ1) is 15.9. The van der Waals surface area contributed by atoms with Gasteiger partial charge in [-0.1, -0.05) is 26.8 Å². The number of hydrogen-bond acceptors (Lipinski definition) is 2. The topological polar surface area (TPSA) is 78.4 Å². The lowest BCUT2D eigenvalue weighted by atomic mass is 9.87. The molecule has 0 radical (unpaired) electrons. The zero-order valence-electron chi connectivity index (χ0n) is 11.3. The first-order valence-electron chi connectivity index (χ1n) is 5.87. The van der Waals surface area contributed by atoms with E-state index in [1.165, 1.54) is 12.1 Å². The Morgan fingerprint density at radius 1 is 1.25 bits per heavy atom. The second-order valence-electron chi connectivity index (χ2n) is 5.34. The van der Waals surface area contributed by atoms with Crippen molar-refractivity contribution in [2.75, 3.05) is 5.32 Å². The van der Waals surface area contributed by atoms with Crippen LogP contribution in [0.4, 0.5) is 19.3 Å². The van der Waals surface area contributed by atoms with Crippen molar-refractivity contribution in [3.63, 3.8) is 0 Å². The number of nitrogens with one attached hydrogen (secondary N) is 2. The van der Waals surface area contributed by atoms with Crippen LogP contribution in [0, 0.1) is 17.0 Å². The quantitative estimate of drug-likeness (QED) is 0.799. The highest BCUT2D eigenvalue weighted by Crippen LogP contribution is 2.20. The van der Waals surface area contributed by atoms with Crippen LogP contribution in [0.1, 0.15) is 20.8 Å². The monoisotopic (exact) mass is 286 g/mol. The smallest absolute Gasteiger partial charge is 0.326 e. The molecule has 1 aromatic rings. The molecule has 0 saturated carbocycles. The van der Waals surface area contributed by atoms with E-state index < -0.39 is 35.1 Å². The van der Waals surface area contributed by atoms with Crippen LogP contribution in [-0.4, -0.2) is 23.1 Å². The zero-order valence-corrected chi connectivity index (χ0v) is 11.3. The van der Waals surface area contributed by atoms with E-state index in [9.17, 15) is 18.4 Å². The van der Waals surface area contributed by atoms with Crippen molar-refractivity contribution in [3.8, 4) is 0 Å². The third-order valence-electron chi connectivity index (χ3n) is 2.59. The van der Waals surface area contributed by atoms with E-state index in [1.54, 1.807) is 20.8 Å². The standard InChI is InChI=1S/C13H16F2N2O3/c1-13(2,3)10(11(18)19)17-12(20)16-8-6-4-5-7(14)9(8)15/h4-6,10H,1-3H3,(H,18,19)(H2,16,17,20)/t10-/m0/s1. The Hall–Kier alpha value is -2.18. The van der Waals surface area contributed by atoms with Crippen molar-refractivity contribution in [2.24, 2.45) is 5.41 Å². The maximum absolute atomic E-state index is 13.4. The van der Waals surface area contributed by atoms with Gasteiger partial charge in [-0.2, -0.15) is 0 Å². The van der Waals surface area contributed by atoms with Crippen LogP contribution in [0.15, 0.2) is 18.2 Å². The first-order chi connectivity index (χ1) is 9.12.